The number of anilines is 1. The predicted octanol–water partition coefficient (Wildman–Crippen LogP) is 5.15. The first kappa shape index (κ1) is 32.0. The number of carbonyl (C=O) groups excluding carboxylic acids is 2. The van der Waals surface area contributed by atoms with Crippen LogP contribution < -0.4 is 19.1 Å². The maximum atomic E-state index is 14.0. The van der Waals surface area contributed by atoms with Gasteiger partial charge in [0.1, 0.15) is 12.6 Å². The Hall–Kier alpha value is -3.47. The molecule has 3 rings (SSSR count). The second-order valence-corrected chi connectivity index (χ2v) is 11.7. The quantitative estimate of drug-likeness (QED) is 0.283. The second-order valence-electron chi connectivity index (χ2n) is 9.05. The number of nitrogens with zero attached hydrogens (tertiary/aromatic N) is 2. The molecule has 0 aliphatic carbocycles. The van der Waals surface area contributed by atoms with Crippen LogP contribution in [0.2, 0.25) is 10.0 Å². The first-order chi connectivity index (χ1) is 19.5. The van der Waals surface area contributed by atoms with E-state index in [1.54, 1.807) is 49.4 Å². The molecule has 3 aromatic rings. The van der Waals surface area contributed by atoms with Gasteiger partial charge in [0.15, 0.2) is 11.5 Å². The molecule has 0 aliphatic rings. The molecule has 0 fully saturated rings. The van der Waals surface area contributed by atoms with Gasteiger partial charge in [0.05, 0.1) is 24.8 Å². The summed E-state index contributed by atoms with van der Waals surface area (Å²) >= 11 is 12.8. The Kier molecular flexibility index (Phi) is 11.3. The molecule has 3 aromatic carbocycles. The summed E-state index contributed by atoms with van der Waals surface area (Å²) in [5.74, 6) is -0.380. The Balaban J connectivity index is 2.10. The number of methoxy groups -OCH3 is 2. The van der Waals surface area contributed by atoms with Crippen LogP contribution in [-0.4, -0.2) is 58.5 Å². The first-order valence-electron chi connectivity index (χ1n) is 12.8. The van der Waals surface area contributed by atoms with Crippen LogP contribution in [0, 0.1) is 0 Å². The van der Waals surface area contributed by atoms with E-state index >= 15 is 0 Å². The van der Waals surface area contributed by atoms with Crippen LogP contribution in [0.15, 0.2) is 71.6 Å². The zero-order valence-corrected chi connectivity index (χ0v) is 25.6. The van der Waals surface area contributed by atoms with Crippen LogP contribution in [0.3, 0.4) is 0 Å². The molecular weight excluding hydrogens is 589 g/mol. The Bertz CT molecular complexity index is 1450. The number of halogens is 2. The summed E-state index contributed by atoms with van der Waals surface area (Å²) in [4.78, 5) is 28.3. The van der Waals surface area contributed by atoms with Crippen LogP contribution in [0.4, 0.5) is 5.69 Å². The van der Waals surface area contributed by atoms with Crippen LogP contribution in [0.25, 0.3) is 0 Å². The molecule has 9 nitrogen and oxygen atoms in total. The Labute approximate surface area is 251 Å². The minimum absolute atomic E-state index is 0.0166. The third-order valence-electron chi connectivity index (χ3n) is 6.37. The maximum Gasteiger partial charge on any atom is 0.264 e. The Morgan fingerprint density at radius 1 is 0.927 bits per heavy atom. The number of amides is 2. The third-order valence-corrected chi connectivity index (χ3v) is 8.87. The van der Waals surface area contributed by atoms with E-state index in [0.717, 1.165) is 4.31 Å². The molecule has 0 bridgehead atoms. The molecule has 0 saturated carbocycles. The van der Waals surface area contributed by atoms with E-state index in [2.05, 4.69) is 5.32 Å². The number of hydrogen-bond acceptors (Lipinski definition) is 6. The zero-order chi connectivity index (χ0) is 30.2. The standard InChI is InChI=1S/C29H33Cl2N3O6S/c1-5-16-32-29(36)20(2)33(18-23-24(30)12-9-13-25(23)31)28(35)19-34(41(37,38)22-10-7-6-8-11-22)21-14-15-26(39-3)27(17-21)40-4/h6-15,17,20H,5,16,18-19H2,1-4H3,(H,32,36)/t20-/m1/s1. The number of ether oxygens (including phenoxy) is 2. The maximum absolute atomic E-state index is 14.0. The van der Waals surface area contributed by atoms with Gasteiger partial charge in [0.2, 0.25) is 11.8 Å². The number of benzene rings is 3. The summed E-state index contributed by atoms with van der Waals surface area (Å²) in [6.45, 7) is 3.15. The van der Waals surface area contributed by atoms with Gasteiger partial charge in [-0.1, -0.05) is 54.4 Å². The van der Waals surface area contributed by atoms with Gasteiger partial charge >= 0.3 is 0 Å². The summed E-state index contributed by atoms with van der Waals surface area (Å²) in [6, 6.07) is 16.3. The molecule has 0 unspecified atom stereocenters. The monoisotopic (exact) mass is 621 g/mol. The fourth-order valence-electron chi connectivity index (χ4n) is 4.06. The van der Waals surface area contributed by atoms with Crippen molar-refractivity contribution in [1.82, 2.24) is 10.2 Å². The normalized spacial score (nSPS) is 11.9. The van der Waals surface area contributed by atoms with Crippen molar-refractivity contribution in [2.75, 3.05) is 31.6 Å². The molecular formula is C29H33Cl2N3O6S. The molecule has 1 N–H and O–H groups in total. The Morgan fingerprint density at radius 2 is 1.56 bits per heavy atom. The zero-order valence-electron chi connectivity index (χ0n) is 23.3. The molecule has 0 radical (unpaired) electrons. The molecule has 0 aliphatic heterocycles. The van der Waals surface area contributed by atoms with Gasteiger partial charge < -0.3 is 19.7 Å². The van der Waals surface area contributed by atoms with E-state index < -0.39 is 34.4 Å². The molecule has 220 valence electrons. The lowest BCUT2D eigenvalue weighted by molar-refractivity contribution is -0.139. The van der Waals surface area contributed by atoms with Crippen molar-refractivity contribution in [1.29, 1.82) is 0 Å². The van der Waals surface area contributed by atoms with Crippen molar-refractivity contribution in [2.45, 2.75) is 37.8 Å². The van der Waals surface area contributed by atoms with Gasteiger partial charge in [-0.2, -0.15) is 0 Å². The summed E-state index contributed by atoms with van der Waals surface area (Å²) in [7, 11) is -1.35. The van der Waals surface area contributed by atoms with Crippen molar-refractivity contribution in [3.63, 3.8) is 0 Å². The fraction of sp³-hybridized carbons (Fsp3) is 0.310. The van der Waals surface area contributed by atoms with E-state index in [1.807, 2.05) is 6.92 Å². The summed E-state index contributed by atoms with van der Waals surface area (Å²) in [5, 5.41) is 3.41. The van der Waals surface area contributed by atoms with Gasteiger partial charge in [-0.05, 0) is 49.7 Å². The summed E-state index contributed by atoms with van der Waals surface area (Å²) in [5.41, 5.74) is 0.599. The average molecular weight is 623 g/mol. The summed E-state index contributed by atoms with van der Waals surface area (Å²) in [6.07, 6.45) is 0.700. The predicted molar refractivity (Wildman–Crippen MR) is 160 cm³/mol. The molecule has 0 spiro atoms. The lowest BCUT2D eigenvalue weighted by Crippen LogP contribution is -2.51. The van der Waals surface area contributed by atoms with Crippen molar-refractivity contribution in [3.05, 3.63) is 82.3 Å². The topological polar surface area (TPSA) is 105 Å². The van der Waals surface area contributed by atoms with Gasteiger partial charge in [0, 0.05) is 34.8 Å². The minimum Gasteiger partial charge on any atom is -0.493 e. The number of hydrogen-bond donors (Lipinski definition) is 1. The van der Waals surface area contributed by atoms with Gasteiger partial charge in [-0.15, -0.1) is 0 Å². The number of nitrogens with one attached hydrogen (secondary N) is 1. The lowest BCUT2D eigenvalue weighted by atomic mass is 10.1. The number of rotatable bonds is 13. The van der Waals surface area contributed by atoms with Crippen molar-refractivity contribution >= 4 is 50.7 Å². The van der Waals surface area contributed by atoms with Gasteiger partial charge in [-0.3, -0.25) is 13.9 Å². The van der Waals surface area contributed by atoms with Gasteiger partial charge in [-0.25, -0.2) is 8.42 Å². The van der Waals surface area contributed by atoms with E-state index in [-0.39, 0.29) is 22.9 Å². The van der Waals surface area contributed by atoms with Crippen LogP contribution >= 0.6 is 23.2 Å². The molecule has 0 aromatic heterocycles. The van der Waals surface area contributed by atoms with E-state index in [1.165, 1.54) is 43.4 Å². The van der Waals surface area contributed by atoms with Crippen molar-refractivity contribution < 1.29 is 27.5 Å². The van der Waals surface area contributed by atoms with Gasteiger partial charge in [0.25, 0.3) is 10.0 Å². The molecule has 1 atom stereocenters. The minimum atomic E-state index is -4.24. The Morgan fingerprint density at radius 3 is 2.15 bits per heavy atom. The van der Waals surface area contributed by atoms with Crippen LogP contribution in [-0.2, 0) is 26.2 Å². The highest BCUT2D eigenvalue weighted by Gasteiger charge is 2.33. The molecule has 2 amide bonds. The highest BCUT2D eigenvalue weighted by atomic mass is 35.5. The van der Waals surface area contributed by atoms with E-state index in [0.29, 0.717) is 34.3 Å². The largest absolute Gasteiger partial charge is 0.493 e. The first-order valence-corrected chi connectivity index (χ1v) is 15.0. The van der Waals surface area contributed by atoms with E-state index in [9.17, 15) is 18.0 Å². The average Bonchev–Trinajstić information content (AvgIpc) is 2.98. The summed E-state index contributed by atoms with van der Waals surface area (Å²) < 4.78 is 39.5. The highest BCUT2D eigenvalue weighted by molar-refractivity contribution is 7.92. The number of carbonyl (C=O) groups is 2. The third kappa shape index (κ3) is 7.63. The molecule has 0 heterocycles. The van der Waals surface area contributed by atoms with Crippen molar-refractivity contribution in [3.8, 4) is 11.5 Å². The van der Waals surface area contributed by atoms with E-state index in [4.69, 9.17) is 32.7 Å². The lowest BCUT2D eigenvalue weighted by Gasteiger charge is -2.32. The highest BCUT2D eigenvalue weighted by Crippen LogP contribution is 2.34. The molecule has 41 heavy (non-hydrogen) atoms. The smallest absolute Gasteiger partial charge is 0.264 e. The second kappa shape index (κ2) is 14.4. The van der Waals surface area contributed by atoms with Crippen LogP contribution in [0.1, 0.15) is 25.8 Å². The van der Waals surface area contributed by atoms with Crippen molar-refractivity contribution in [2.24, 2.45) is 0 Å². The SMILES string of the molecule is CCCNC(=O)[C@@H](C)N(Cc1c(Cl)cccc1Cl)C(=O)CN(c1ccc(OC)c(OC)c1)S(=O)(=O)c1ccccc1. The number of sulfonamides is 1. The molecule has 0 saturated heterocycles. The molecule has 12 heteroatoms. The fourth-order valence-corrected chi connectivity index (χ4v) is 6.00. The van der Waals surface area contributed by atoms with Crippen LogP contribution in [0.5, 0.6) is 11.5 Å².